The summed E-state index contributed by atoms with van der Waals surface area (Å²) in [6.45, 7) is 0. The second-order valence-corrected chi connectivity index (χ2v) is 3.44. The van der Waals surface area contributed by atoms with Crippen LogP contribution in [-0.4, -0.2) is 26.0 Å². The van der Waals surface area contributed by atoms with Crippen LogP contribution in [0, 0.1) is 0 Å². The molecule has 0 aliphatic rings. The fraction of sp³-hybridized carbons (Fsp3) is 0. The van der Waals surface area contributed by atoms with Gasteiger partial charge in [-0.3, -0.25) is 4.98 Å². The first-order valence-corrected chi connectivity index (χ1v) is 4.86. The van der Waals surface area contributed by atoms with E-state index in [0.717, 1.165) is 12.4 Å². The van der Waals surface area contributed by atoms with Crippen molar-refractivity contribution in [1.82, 2.24) is 15.0 Å². The van der Waals surface area contributed by atoms with Gasteiger partial charge in [0.25, 0.3) is 0 Å². The number of carboxylic acids is 1. The van der Waals surface area contributed by atoms with Crippen molar-refractivity contribution < 1.29 is 14.6 Å². The number of ether oxygens (including phenoxy) is 1. The van der Waals surface area contributed by atoms with Crippen molar-refractivity contribution in [2.24, 2.45) is 0 Å². The molecule has 0 radical (unpaired) electrons. The van der Waals surface area contributed by atoms with Crippen molar-refractivity contribution in [3.8, 4) is 11.8 Å². The van der Waals surface area contributed by atoms with E-state index in [1.54, 1.807) is 6.07 Å². The van der Waals surface area contributed by atoms with E-state index >= 15 is 0 Å². The number of pyridine rings is 1. The summed E-state index contributed by atoms with van der Waals surface area (Å²) < 4.78 is 5.23. The summed E-state index contributed by atoms with van der Waals surface area (Å²) in [7, 11) is 0. The molecule has 0 amide bonds. The molecule has 86 valence electrons. The summed E-state index contributed by atoms with van der Waals surface area (Å²) in [5, 5.41) is 9.07. The Morgan fingerprint density at radius 2 is 1.94 bits per heavy atom. The minimum atomic E-state index is -1.10. The molecule has 0 aromatic carbocycles. The van der Waals surface area contributed by atoms with Crippen molar-refractivity contribution in [1.29, 1.82) is 0 Å². The van der Waals surface area contributed by atoms with E-state index in [2.05, 4.69) is 15.0 Å². The summed E-state index contributed by atoms with van der Waals surface area (Å²) in [4.78, 5) is 21.9. The van der Waals surface area contributed by atoms with E-state index in [4.69, 9.17) is 21.4 Å². The molecule has 0 unspecified atom stereocenters. The molecule has 2 heterocycles. The van der Waals surface area contributed by atoms with E-state index in [9.17, 15) is 4.79 Å². The summed E-state index contributed by atoms with van der Waals surface area (Å²) in [6, 6.07) is 1.57. The lowest BCUT2D eigenvalue weighted by molar-refractivity contribution is 0.0696. The van der Waals surface area contributed by atoms with Crippen molar-refractivity contribution in [2.45, 2.75) is 0 Å². The predicted octanol–water partition coefficient (Wildman–Crippen LogP) is 2.02. The smallest absolute Gasteiger partial charge is 0.338 e. The maximum Gasteiger partial charge on any atom is 0.338 e. The van der Waals surface area contributed by atoms with Crippen LogP contribution in [0.25, 0.3) is 0 Å². The van der Waals surface area contributed by atoms with Gasteiger partial charge in [0.05, 0.1) is 16.8 Å². The van der Waals surface area contributed by atoms with Gasteiger partial charge < -0.3 is 9.84 Å². The van der Waals surface area contributed by atoms with E-state index in [1.165, 1.54) is 12.4 Å². The standard InChI is InChI=1S/C10H6ClN3O3/c11-7-1-8(5-12-4-7)17-10-13-2-6(3-14-10)9(15)16/h1-5H,(H,15,16). The quantitative estimate of drug-likeness (QED) is 0.898. The maximum atomic E-state index is 10.6. The van der Waals surface area contributed by atoms with Crippen LogP contribution in [0.5, 0.6) is 11.8 Å². The predicted molar refractivity (Wildman–Crippen MR) is 58.3 cm³/mol. The summed E-state index contributed by atoms with van der Waals surface area (Å²) in [5.41, 5.74) is -0.0124. The molecule has 0 saturated heterocycles. The highest BCUT2D eigenvalue weighted by Gasteiger charge is 2.06. The monoisotopic (exact) mass is 251 g/mol. The van der Waals surface area contributed by atoms with Crippen LogP contribution in [-0.2, 0) is 0 Å². The molecule has 0 aliphatic heterocycles. The van der Waals surface area contributed by atoms with Crippen molar-refractivity contribution in [3.63, 3.8) is 0 Å². The zero-order chi connectivity index (χ0) is 12.3. The topological polar surface area (TPSA) is 85.2 Å². The van der Waals surface area contributed by atoms with E-state index in [-0.39, 0.29) is 11.6 Å². The largest absolute Gasteiger partial charge is 0.478 e. The molecule has 6 nitrogen and oxygen atoms in total. The number of hydrogen-bond acceptors (Lipinski definition) is 5. The molecule has 17 heavy (non-hydrogen) atoms. The van der Waals surface area contributed by atoms with Gasteiger partial charge in [0, 0.05) is 24.7 Å². The van der Waals surface area contributed by atoms with Gasteiger partial charge in [-0.05, 0) is 0 Å². The molecular formula is C10H6ClN3O3. The zero-order valence-electron chi connectivity index (χ0n) is 8.37. The summed E-state index contributed by atoms with van der Waals surface area (Å²) >= 11 is 5.72. The molecule has 2 aromatic heterocycles. The molecule has 7 heteroatoms. The third kappa shape index (κ3) is 2.88. The second-order valence-electron chi connectivity index (χ2n) is 3.00. The fourth-order valence-electron chi connectivity index (χ4n) is 1.03. The number of hydrogen-bond donors (Lipinski definition) is 1. The van der Waals surface area contributed by atoms with Crippen LogP contribution in [0.2, 0.25) is 5.02 Å². The number of aromatic carboxylic acids is 1. The number of aromatic nitrogens is 3. The van der Waals surface area contributed by atoms with Crippen LogP contribution in [0.1, 0.15) is 10.4 Å². The molecule has 0 aliphatic carbocycles. The molecule has 2 rings (SSSR count). The first-order chi connectivity index (χ1) is 8.15. The Balaban J connectivity index is 2.16. The van der Waals surface area contributed by atoms with E-state index < -0.39 is 5.97 Å². The van der Waals surface area contributed by atoms with Crippen LogP contribution >= 0.6 is 11.6 Å². The normalized spacial score (nSPS) is 9.94. The first-order valence-electron chi connectivity index (χ1n) is 4.49. The summed E-state index contributed by atoms with van der Waals surface area (Å²) in [5.74, 6) is -0.721. The Bertz CT molecular complexity index is 545. The van der Waals surface area contributed by atoms with E-state index in [1.807, 2.05) is 0 Å². The molecular weight excluding hydrogens is 246 g/mol. The van der Waals surface area contributed by atoms with Gasteiger partial charge in [-0.2, -0.15) is 0 Å². The maximum absolute atomic E-state index is 10.6. The highest BCUT2D eigenvalue weighted by molar-refractivity contribution is 6.30. The van der Waals surface area contributed by atoms with Crippen molar-refractivity contribution in [3.05, 3.63) is 41.4 Å². The minimum absolute atomic E-state index is 0.0124. The van der Waals surface area contributed by atoms with Gasteiger partial charge in [0.1, 0.15) is 0 Å². The Morgan fingerprint density at radius 3 is 2.53 bits per heavy atom. The Hall–Kier alpha value is -2.21. The number of nitrogens with zero attached hydrogens (tertiary/aromatic N) is 3. The fourth-order valence-corrected chi connectivity index (χ4v) is 1.20. The van der Waals surface area contributed by atoms with Gasteiger partial charge >= 0.3 is 12.0 Å². The third-order valence-electron chi connectivity index (χ3n) is 1.76. The highest BCUT2D eigenvalue weighted by atomic mass is 35.5. The van der Waals surface area contributed by atoms with Gasteiger partial charge in [0.2, 0.25) is 0 Å². The van der Waals surface area contributed by atoms with Crippen LogP contribution in [0.15, 0.2) is 30.9 Å². The van der Waals surface area contributed by atoms with Gasteiger partial charge in [-0.1, -0.05) is 11.6 Å². The number of carboxylic acid groups (broad SMARTS) is 1. The summed E-state index contributed by atoms with van der Waals surface area (Å²) in [6.07, 6.45) is 5.22. The van der Waals surface area contributed by atoms with Crippen LogP contribution in [0.4, 0.5) is 0 Å². The molecule has 0 spiro atoms. The third-order valence-corrected chi connectivity index (χ3v) is 1.97. The number of rotatable bonds is 3. The minimum Gasteiger partial charge on any atom is -0.478 e. The average molecular weight is 252 g/mol. The van der Waals surface area contributed by atoms with E-state index in [0.29, 0.717) is 10.8 Å². The lowest BCUT2D eigenvalue weighted by atomic mass is 10.4. The molecule has 0 saturated carbocycles. The van der Waals surface area contributed by atoms with Gasteiger partial charge in [-0.15, -0.1) is 0 Å². The van der Waals surface area contributed by atoms with Gasteiger partial charge in [0.15, 0.2) is 5.75 Å². The SMILES string of the molecule is O=C(O)c1cnc(Oc2cncc(Cl)c2)nc1. The first kappa shape index (κ1) is 11.3. The molecule has 1 N–H and O–H groups in total. The molecule has 0 bridgehead atoms. The zero-order valence-corrected chi connectivity index (χ0v) is 9.13. The van der Waals surface area contributed by atoms with Gasteiger partial charge in [-0.25, -0.2) is 14.8 Å². The van der Waals surface area contributed by atoms with Crippen LogP contribution < -0.4 is 4.74 Å². The second kappa shape index (κ2) is 4.75. The van der Waals surface area contributed by atoms with Crippen LogP contribution in [0.3, 0.4) is 0 Å². The average Bonchev–Trinajstić information content (AvgIpc) is 2.29. The highest BCUT2D eigenvalue weighted by Crippen LogP contribution is 2.19. The number of carbonyl (C=O) groups is 1. The Kier molecular flexibility index (Phi) is 3.15. The lowest BCUT2D eigenvalue weighted by Crippen LogP contribution is -1.99. The Morgan fingerprint density at radius 1 is 1.24 bits per heavy atom. The van der Waals surface area contributed by atoms with Crippen molar-refractivity contribution >= 4 is 17.6 Å². The molecule has 2 aromatic rings. The van der Waals surface area contributed by atoms with Crippen molar-refractivity contribution in [2.75, 3.05) is 0 Å². The molecule has 0 fully saturated rings. The lowest BCUT2D eigenvalue weighted by Gasteiger charge is -2.02. The molecule has 0 atom stereocenters. The Labute approximate surface area is 101 Å². The number of halogens is 1.